The van der Waals surface area contributed by atoms with Gasteiger partial charge >= 0.3 is 0 Å². The van der Waals surface area contributed by atoms with Crippen LogP contribution in [0.2, 0.25) is 0 Å². The Labute approximate surface area is 103 Å². The molecule has 0 saturated heterocycles. The number of sulfone groups is 1. The maximum absolute atomic E-state index is 11.8. The summed E-state index contributed by atoms with van der Waals surface area (Å²) in [5, 5.41) is 9.15. The molecular formula is C13H20O3S. The van der Waals surface area contributed by atoms with E-state index in [4.69, 9.17) is 5.11 Å². The normalized spacial score (nSPS) is 14.6. The Morgan fingerprint density at radius 3 is 2.00 bits per heavy atom. The topological polar surface area (TPSA) is 54.4 Å². The highest BCUT2D eigenvalue weighted by molar-refractivity contribution is 7.91. The molecule has 0 fully saturated rings. The van der Waals surface area contributed by atoms with Gasteiger partial charge < -0.3 is 5.11 Å². The van der Waals surface area contributed by atoms with Gasteiger partial charge in [-0.2, -0.15) is 0 Å². The minimum atomic E-state index is -3.37. The zero-order chi connectivity index (χ0) is 13.3. The molecule has 4 heteroatoms. The summed E-state index contributed by atoms with van der Waals surface area (Å²) in [4.78, 5) is 0.270. The Balaban J connectivity index is 3.03. The van der Waals surface area contributed by atoms with Crippen LogP contribution in [0.4, 0.5) is 0 Å². The Morgan fingerprint density at radius 1 is 1.18 bits per heavy atom. The largest absolute Gasteiger partial charge is 0.392 e. The Bertz CT molecular complexity index is 464. The van der Waals surface area contributed by atoms with Crippen molar-refractivity contribution in [3.8, 4) is 0 Å². The molecule has 0 aliphatic rings. The Hall–Kier alpha value is -0.870. The van der Waals surface area contributed by atoms with E-state index < -0.39 is 15.9 Å². The Morgan fingerprint density at radius 2 is 1.65 bits per heavy atom. The number of rotatable bonds is 3. The first-order valence-corrected chi connectivity index (χ1v) is 7.29. The summed E-state index contributed by atoms with van der Waals surface area (Å²) >= 11 is 0. The fraction of sp³-hybridized carbons (Fsp3) is 0.538. The van der Waals surface area contributed by atoms with Gasteiger partial charge in [0.1, 0.15) is 0 Å². The van der Waals surface area contributed by atoms with Gasteiger partial charge in [0.15, 0.2) is 9.84 Å². The van der Waals surface area contributed by atoms with E-state index in [-0.39, 0.29) is 16.1 Å². The van der Waals surface area contributed by atoms with Gasteiger partial charge in [-0.25, -0.2) is 8.42 Å². The van der Waals surface area contributed by atoms with Crippen LogP contribution in [0.1, 0.15) is 33.3 Å². The number of hydrogen-bond donors (Lipinski definition) is 1. The van der Waals surface area contributed by atoms with Gasteiger partial charge in [0.2, 0.25) is 0 Å². The van der Waals surface area contributed by atoms with Crippen molar-refractivity contribution in [2.75, 3.05) is 5.75 Å². The predicted molar refractivity (Wildman–Crippen MR) is 68.9 cm³/mol. The van der Waals surface area contributed by atoms with E-state index in [1.54, 1.807) is 12.1 Å². The highest BCUT2D eigenvalue weighted by Crippen LogP contribution is 2.23. The van der Waals surface area contributed by atoms with Crippen LogP contribution in [0, 0.1) is 0 Å². The van der Waals surface area contributed by atoms with Gasteiger partial charge in [0.25, 0.3) is 0 Å². The van der Waals surface area contributed by atoms with Crippen LogP contribution in [0.25, 0.3) is 0 Å². The zero-order valence-electron chi connectivity index (χ0n) is 10.8. The van der Waals surface area contributed by atoms with Gasteiger partial charge in [-0.15, -0.1) is 0 Å². The molecule has 0 spiro atoms. The third kappa shape index (κ3) is 3.82. The van der Waals surface area contributed by atoms with Crippen molar-refractivity contribution in [2.45, 2.75) is 44.1 Å². The summed E-state index contributed by atoms with van der Waals surface area (Å²) in [7, 11) is -3.37. The average molecular weight is 256 g/mol. The van der Waals surface area contributed by atoms with Crippen molar-refractivity contribution >= 4 is 9.84 Å². The highest BCUT2D eigenvalue weighted by Gasteiger charge is 2.19. The van der Waals surface area contributed by atoms with E-state index in [1.165, 1.54) is 6.92 Å². The predicted octanol–water partition coefficient (Wildman–Crippen LogP) is 2.14. The van der Waals surface area contributed by atoms with Crippen molar-refractivity contribution in [1.82, 2.24) is 0 Å². The van der Waals surface area contributed by atoms with Crippen LogP contribution in [0.5, 0.6) is 0 Å². The summed E-state index contributed by atoms with van der Waals surface area (Å²) in [5.74, 6) is -0.234. The monoisotopic (exact) mass is 256 g/mol. The molecule has 0 saturated carbocycles. The molecule has 1 unspecified atom stereocenters. The van der Waals surface area contributed by atoms with Gasteiger partial charge in [-0.05, 0) is 30.0 Å². The molecule has 17 heavy (non-hydrogen) atoms. The van der Waals surface area contributed by atoms with Gasteiger partial charge in [-0.3, -0.25) is 0 Å². The van der Waals surface area contributed by atoms with Crippen LogP contribution in [-0.2, 0) is 15.3 Å². The minimum Gasteiger partial charge on any atom is -0.392 e. The molecule has 3 nitrogen and oxygen atoms in total. The molecule has 0 radical (unpaired) electrons. The molecule has 96 valence electrons. The summed E-state index contributed by atoms with van der Waals surface area (Å²) in [6.45, 7) is 7.70. The number of hydrogen-bond acceptors (Lipinski definition) is 3. The molecule has 0 aromatic heterocycles. The highest BCUT2D eigenvalue weighted by atomic mass is 32.2. The van der Waals surface area contributed by atoms with Crippen LogP contribution in [0.15, 0.2) is 29.2 Å². The maximum atomic E-state index is 11.8. The van der Waals surface area contributed by atoms with E-state index in [9.17, 15) is 8.42 Å². The summed E-state index contributed by atoms with van der Waals surface area (Å²) in [5.41, 5.74) is 1.10. The van der Waals surface area contributed by atoms with Crippen molar-refractivity contribution in [3.63, 3.8) is 0 Å². The zero-order valence-corrected chi connectivity index (χ0v) is 11.6. The van der Waals surface area contributed by atoms with Crippen molar-refractivity contribution < 1.29 is 13.5 Å². The van der Waals surface area contributed by atoms with Crippen LogP contribution in [-0.4, -0.2) is 25.4 Å². The van der Waals surface area contributed by atoms with Crippen LogP contribution < -0.4 is 0 Å². The summed E-state index contributed by atoms with van der Waals surface area (Å²) in [6, 6.07) is 6.88. The smallest absolute Gasteiger partial charge is 0.180 e. The molecule has 1 atom stereocenters. The molecule has 1 rings (SSSR count). The van der Waals surface area contributed by atoms with Gasteiger partial charge in [-0.1, -0.05) is 32.9 Å². The lowest BCUT2D eigenvalue weighted by atomic mass is 9.87. The second-order valence-corrected chi connectivity index (χ2v) is 7.44. The first-order valence-electron chi connectivity index (χ1n) is 5.64. The van der Waals surface area contributed by atoms with E-state index in [1.807, 2.05) is 12.1 Å². The maximum Gasteiger partial charge on any atom is 0.180 e. The van der Waals surface area contributed by atoms with E-state index in [0.717, 1.165) is 5.56 Å². The third-order valence-corrected chi connectivity index (χ3v) is 4.45. The van der Waals surface area contributed by atoms with Crippen LogP contribution in [0.3, 0.4) is 0 Å². The molecule has 1 N–H and O–H groups in total. The van der Waals surface area contributed by atoms with E-state index in [2.05, 4.69) is 20.8 Å². The van der Waals surface area contributed by atoms with Crippen LogP contribution >= 0.6 is 0 Å². The SMILES string of the molecule is CC(O)CS(=O)(=O)c1ccc(C(C)(C)C)cc1. The second-order valence-electron chi connectivity index (χ2n) is 5.40. The lowest BCUT2D eigenvalue weighted by molar-refractivity contribution is 0.218. The lowest BCUT2D eigenvalue weighted by Gasteiger charge is -2.19. The first-order chi connectivity index (χ1) is 7.63. The standard InChI is InChI=1S/C13H20O3S/c1-10(14)9-17(15,16)12-7-5-11(6-8-12)13(2,3)4/h5-8,10,14H,9H2,1-4H3. The lowest BCUT2D eigenvalue weighted by Crippen LogP contribution is -2.18. The first kappa shape index (κ1) is 14.2. The fourth-order valence-electron chi connectivity index (χ4n) is 1.58. The number of aliphatic hydroxyl groups excluding tert-OH is 1. The quantitative estimate of drug-likeness (QED) is 0.901. The van der Waals surface area contributed by atoms with Gasteiger partial charge in [0.05, 0.1) is 16.8 Å². The third-order valence-electron chi connectivity index (χ3n) is 2.54. The molecule has 0 aliphatic heterocycles. The average Bonchev–Trinajstić information content (AvgIpc) is 2.14. The molecule has 0 amide bonds. The molecular weight excluding hydrogens is 236 g/mol. The molecule has 1 aromatic carbocycles. The molecule has 0 aliphatic carbocycles. The second kappa shape index (κ2) is 4.78. The summed E-state index contributed by atoms with van der Waals surface area (Å²) < 4.78 is 23.7. The van der Waals surface area contributed by atoms with Crippen molar-refractivity contribution in [2.24, 2.45) is 0 Å². The number of aliphatic hydroxyl groups is 1. The van der Waals surface area contributed by atoms with E-state index in [0.29, 0.717) is 0 Å². The Kier molecular flexibility index (Phi) is 3.99. The molecule has 0 heterocycles. The number of benzene rings is 1. The molecule has 0 bridgehead atoms. The van der Waals surface area contributed by atoms with Crippen molar-refractivity contribution in [3.05, 3.63) is 29.8 Å². The summed E-state index contributed by atoms with van der Waals surface area (Å²) in [6.07, 6.45) is -0.845. The minimum absolute atomic E-state index is 0.00651. The molecule has 1 aromatic rings. The van der Waals surface area contributed by atoms with Gasteiger partial charge in [0, 0.05) is 0 Å². The fourth-order valence-corrected chi connectivity index (χ4v) is 2.95. The van der Waals surface area contributed by atoms with Crippen molar-refractivity contribution in [1.29, 1.82) is 0 Å². The van der Waals surface area contributed by atoms with E-state index >= 15 is 0 Å².